The number of hydrogen-bond donors (Lipinski definition) is 0. The second-order valence-electron chi connectivity index (χ2n) is 4.93. The highest BCUT2D eigenvalue weighted by molar-refractivity contribution is 4.81. The molecular weight excluding hydrogens is 156 g/mol. The van der Waals surface area contributed by atoms with Crippen molar-refractivity contribution in [3.63, 3.8) is 0 Å². The fourth-order valence-corrected chi connectivity index (χ4v) is 2.34. The van der Waals surface area contributed by atoms with Crippen molar-refractivity contribution in [2.24, 2.45) is 17.3 Å². The summed E-state index contributed by atoms with van der Waals surface area (Å²) >= 11 is 0. The molecule has 0 aliphatic rings. The Morgan fingerprint density at radius 2 is 1.62 bits per heavy atom. The van der Waals surface area contributed by atoms with Crippen LogP contribution in [0.25, 0.3) is 0 Å². The Balaban J connectivity index is 4.35. The summed E-state index contributed by atoms with van der Waals surface area (Å²) in [7, 11) is 0. The van der Waals surface area contributed by atoms with Gasteiger partial charge < -0.3 is 0 Å². The van der Waals surface area contributed by atoms with Crippen LogP contribution < -0.4 is 0 Å². The van der Waals surface area contributed by atoms with Crippen LogP contribution >= 0.6 is 0 Å². The van der Waals surface area contributed by atoms with Crippen LogP contribution in [0.2, 0.25) is 0 Å². The molecule has 0 saturated heterocycles. The Morgan fingerprint density at radius 3 is 1.92 bits per heavy atom. The second kappa shape index (κ2) is 5.67. The quantitative estimate of drug-likeness (QED) is 0.551. The maximum atomic E-state index is 2.47. The summed E-state index contributed by atoms with van der Waals surface area (Å²) in [6, 6.07) is 0. The first-order valence-electron chi connectivity index (χ1n) is 6.01. The summed E-state index contributed by atoms with van der Waals surface area (Å²) in [5, 5.41) is 0. The molecule has 3 atom stereocenters. The Labute approximate surface area is 85.1 Å². The standard InChI is InChI=1S/C13H28/c1-7-10-13(6,9-3)12(5)11(4)8-2/h11-12H,7-10H2,1-6H3. The lowest BCUT2D eigenvalue weighted by molar-refractivity contribution is 0.120. The van der Waals surface area contributed by atoms with Crippen molar-refractivity contribution in [2.75, 3.05) is 0 Å². The van der Waals surface area contributed by atoms with Gasteiger partial charge in [0.05, 0.1) is 0 Å². The van der Waals surface area contributed by atoms with Crippen molar-refractivity contribution >= 4 is 0 Å². The lowest BCUT2D eigenvalue weighted by atomic mass is 9.67. The molecule has 0 N–H and O–H groups in total. The SMILES string of the molecule is CCCC(C)(CC)C(C)C(C)CC. The van der Waals surface area contributed by atoms with Gasteiger partial charge in [-0.3, -0.25) is 0 Å². The van der Waals surface area contributed by atoms with Gasteiger partial charge in [0.1, 0.15) is 0 Å². The molecule has 0 aromatic rings. The van der Waals surface area contributed by atoms with E-state index in [-0.39, 0.29) is 0 Å². The fraction of sp³-hybridized carbons (Fsp3) is 1.00. The highest BCUT2D eigenvalue weighted by atomic mass is 14.4. The number of hydrogen-bond acceptors (Lipinski definition) is 0. The third-order valence-electron chi connectivity index (χ3n) is 4.23. The van der Waals surface area contributed by atoms with Crippen molar-refractivity contribution in [3.05, 3.63) is 0 Å². The first-order chi connectivity index (χ1) is 6.01. The first-order valence-corrected chi connectivity index (χ1v) is 6.01. The van der Waals surface area contributed by atoms with Gasteiger partial charge in [-0.2, -0.15) is 0 Å². The van der Waals surface area contributed by atoms with Crippen LogP contribution in [0.4, 0.5) is 0 Å². The average molecular weight is 184 g/mol. The topological polar surface area (TPSA) is 0 Å². The van der Waals surface area contributed by atoms with Gasteiger partial charge in [-0.15, -0.1) is 0 Å². The van der Waals surface area contributed by atoms with Crippen molar-refractivity contribution < 1.29 is 0 Å². The normalized spacial score (nSPS) is 20.8. The van der Waals surface area contributed by atoms with Crippen molar-refractivity contribution in [1.29, 1.82) is 0 Å². The summed E-state index contributed by atoms with van der Waals surface area (Å²) < 4.78 is 0. The maximum Gasteiger partial charge on any atom is -0.0300 e. The molecule has 0 spiro atoms. The zero-order chi connectivity index (χ0) is 10.5. The highest BCUT2D eigenvalue weighted by Gasteiger charge is 2.30. The van der Waals surface area contributed by atoms with Gasteiger partial charge in [0.2, 0.25) is 0 Å². The lowest BCUT2D eigenvalue weighted by Crippen LogP contribution is -2.29. The molecule has 0 amide bonds. The lowest BCUT2D eigenvalue weighted by Gasteiger charge is -2.38. The van der Waals surface area contributed by atoms with E-state index in [9.17, 15) is 0 Å². The summed E-state index contributed by atoms with van der Waals surface area (Å²) in [4.78, 5) is 0. The molecule has 0 heterocycles. The Hall–Kier alpha value is 0. The highest BCUT2D eigenvalue weighted by Crippen LogP contribution is 2.40. The van der Waals surface area contributed by atoms with Crippen molar-refractivity contribution in [3.8, 4) is 0 Å². The van der Waals surface area contributed by atoms with Crippen LogP contribution in [-0.2, 0) is 0 Å². The molecule has 0 saturated carbocycles. The molecular formula is C13H28. The van der Waals surface area contributed by atoms with E-state index in [1.54, 1.807) is 0 Å². The van der Waals surface area contributed by atoms with Gasteiger partial charge in [0.15, 0.2) is 0 Å². The largest absolute Gasteiger partial charge is 0.0654 e. The van der Waals surface area contributed by atoms with Gasteiger partial charge in [-0.05, 0) is 23.7 Å². The van der Waals surface area contributed by atoms with Gasteiger partial charge >= 0.3 is 0 Å². The molecule has 0 nitrogen and oxygen atoms in total. The Bertz CT molecular complexity index is 128. The third-order valence-corrected chi connectivity index (χ3v) is 4.23. The van der Waals surface area contributed by atoms with Crippen LogP contribution in [-0.4, -0.2) is 0 Å². The molecule has 3 unspecified atom stereocenters. The molecule has 0 fully saturated rings. The van der Waals surface area contributed by atoms with Gasteiger partial charge in [0, 0.05) is 0 Å². The Morgan fingerprint density at radius 1 is 1.08 bits per heavy atom. The monoisotopic (exact) mass is 184 g/mol. The van der Waals surface area contributed by atoms with Gasteiger partial charge in [-0.25, -0.2) is 0 Å². The van der Waals surface area contributed by atoms with E-state index < -0.39 is 0 Å². The van der Waals surface area contributed by atoms with Gasteiger partial charge in [-0.1, -0.05) is 60.8 Å². The summed E-state index contributed by atoms with van der Waals surface area (Å²) in [6.45, 7) is 14.3. The minimum atomic E-state index is 0.574. The summed E-state index contributed by atoms with van der Waals surface area (Å²) in [5.74, 6) is 1.74. The predicted octanol–water partition coefficient (Wildman–Crippen LogP) is 4.89. The smallest absolute Gasteiger partial charge is 0.0300 e. The van der Waals surface area contributed by atoms with Crippen LogP contribution in [0.3, 0.4) is 0 Å². The molecule has 0 bridgehead atoms. The molecule has 0 aliphatic heterocycles. The van der Waals surface area contributed by atoms with E-state index in [1.807, 2.05) is 0 Å². The van der Waals surface area contributed by atoms with Gasteiger partial charge in [0.25, 0.3) is 0 Å². The fourth-order valence-electron chi connectivity index (χ4n) is 2.34. The van der Waals surface area contributed by atoms with E-state index in [2.05, 4.69) is 41.5 Å². The minimum Gasteiger partial charge on any atom is -0.0654 e. The van der Waals surface area contributed by atoms with Crippen LogP contribution in [0.5, 0.6) is 0 Å². The van der Waals surface area contributed by atoms with Crippen LogP contribution in [0.15, 0.2) is 0 Å². The molecule has 0 aromatic carbocycles. The number of rotatable bonds is 6. The van der Waals surface area contributed by atoms with Crippen LogP contribution in [0, 0.1) is 17.3 Å². The molecule has 0 aliphatic carbocycles. The molecule has 0 radical (unpaired) electrons. The van der Waals surface area contributed by atoms with E-state index in [0.29, 0.717) is 5.41 Å². The van der Waals surface area contributed by atoms with E-state index in [4.69, 9.17) is 0 Å². The van der Waals surface area contributed by atoms with E-state index in [1.165, 1.54) is 25.7 Å². The predicted molar refractivity (Wildman–Crippen MR) is 61.9 cm³/mol. The summed E-state index contributed by atoms with van der Waals surface area (Å²) in [6.07, 6.45) is 5.35. The van der Waals surface area contributed by atoms with Crippen molar-refractivity contribution in [1.82, 2.24) is 0 Å². The maximum absolute atomic E-state index is 2.47. The van der Waals surface area contributed by atoms with E-state index in [0.717, 1.165) is 11.8 Å². The summed E-state index contributed by atoms with van der Waals surface area (Å²) in [5.41, 5.74) is 0.574. The molecule has 0 heteroatoms. The van der Waals surface area contributed by atoms with E-state index >= 15 is 0 Å². The average Bonchev–Trinajstić information content (AvgIpc) is 2.15. The molecule has 13 heavy (non-hydrogen) atoms. The third kappa shape index (κ3) is 3.32. The molecule has 0 rings (SSSR count). The van der Waals surface area contributed by atoms with Crippen LogP contribution in [0.1, 0.15) is 67.2 Å². The Kier molecular flexibility index (Phi) is 5.67. The zero-order valence-electron chi connectivity index (χ0n) is 10.5. The zero-order valence-corrected chi connectivity index (χ0v) is 10.5. The second-order valence-corrected chi connectivity index (χ2v) is 4.93. The minimum absolute atomic E-state index is 0.574. The molecule has 0 aromatic heterocycles. The van der Waals surface area contributed by atoms with Crippen molar-refractivity contribution in [2.45, 2.75) is 67.2 Å². The molecule has 80 valence electrons. The first kappa shape index (κ1) is 13.0.